The predicted molar refractivity (Wildman–Crippen MR) is 101 cm³/mol. The van der Waals surface area contributed by atoms with Crippen LogP contribution in [0.1, 0.15) is 19.4 Å². The number of benzene rings is 2. The third-order valence-corrected chi connectivity index (χ3v) is 5.73. The molecule has 1 unspecified atom stereocenters. The van der Waals surface area contributed by atoms with E-state index in [4.69, 9.17) is 9.47 Å². The molecule has 0 saturated carbocycles. The number of ether oxygens (including phenoxy) is 2. The van der Waals surface area contributed by atoms with Crippen LogP contribution in [0.2, 0.25) is 0 Å². The van der Waals surface area contributed by atoms with E-state index in [2.05, 4.69) is 17.0 Å². The van der Waals surface area contributed by atoms with Gasteiger partial charge in [-0.2, -0.15) is 0 Å². The number of hydrogen-bond acceptors (Lipinski definition) is 6. The molecule has 0 fully saturated rings. The molecule has 1 aliphatic rings. The van der Waals surface area contributed by atoms with E-state index in [0.717, 1.165) is 21.2 Å². The highest BCUT2D eigenvalue weighted by atomic mass is 32.2. The summed E-state index contributed by atoms with van der Waals surface area (Å²) in [6.45, 7) is 3.45. The van der Waals surface area contributed by atoms with E-state index in [1.54, 1.807) is 31.7 Å². The number of anilines is 2. The van der Waals surface area contributed by atoms with Gasteiger partial charge >= 0.3 is 11.9 Å². The summed E-state index contributed by atoms with van der Waals surface area (Å²) in [6.07, 6.45) is 0. The zero-order chi connectivity index (χ0) is 18.9. The van der Waals surface area contributed by atoms with Gasteiger partial charge < -0.3 is 14.4 Å². The zero-order valence-electron chi connectivity index (χ0n) is 15.2. The fourth-order valence-electron chi connectivity index (χ4n) is 3.05. The molecule has 1 heterocycles. The number of hydrogen-bond donors (Lipinski definition) is 0. The van der Waals surface area contributed by atoms with Crippen molar-refractivity contribution in [3.63, 3.8) is 0 Å². The molecule has 3 rings (SSSR count). The standard InChI is InChI=1S/C20H21NO4S/c1-5-25-19(23)20(2,18(22)24-4)13-10-11-15-17(12-13)26-16-9-7-6-8-14(16)21(15)3/h6-12H,5H2,1-4H3. The molecule has 0 saturated heterocycles. The van der Waals surface area contributed by atoms with Gasteiger partial charge in [0.2, 0.25) is 0 Å². The van der Waals surface area contributed by atoms with Gasteiger partial charge in [-0.15, -0.1) is 0 Å². The second kappa shape index (κ2) is 7.03. The summed E-state index contributed by atoms with van der Waals surface area (Å²) in [5.74, 6) is -1.24. The smallest absolute Gasteiger partial charge is 0.327 e. The van der Waals surface area contributed by atoms with Gasteiger partial charge in [0, 0.05) is 16.8 Å². The van der Waals surface area contributed by atoms with E-state index >= 15 is 0 Å². The first-order valence-corrected chi connectivity index (χ1v) is 9.16. The highest BCUT2D eigenvalue weighted by Gasteiger charge is 2.46. The van der Waals surface area contributed by atoms with E-state index in [-0.39, 0.29) is 6.61 Å². The van der Waals surface area contributed by atoms with E-state index in [1.165, 1.54) is 7.11 Å². The van der Waals surface area contributed by atoms with Crippen LogP contribution in [0, 0.1) is 0 Å². The van der Waals surface area contributed by atoms with E-state index in [9.17, 15) is 9.59 Å². The molecule has 2 aromatic carbocycles. The molecular formula is C20H21NO4S. The van der Waals surface area contributed by atoms with Crippen LogP contribution in [0.25, 0.3) is 0 Å². The summed E-state index contributed by atoms with van der Waals surface area (Å²) in [4.78, 5) is 29.2. The Kier molecular flexibility index (Phi) is 4.96. The first kappa shape index (κ1) is 18.3. The van der Waals surface area contributed by atoms with Crippen LogP contribution in [0.5, 0.6) is 0 Å². The highest BCUT2D eigenvalue weighted by molar-refractivity contribution is 7.99. The maximum atomic E-state index is 12.6. The third-order valence-electron chi connectivity index (χ3n) is 4.62. The summed E-state index contributed by atoms with van der Waals surface area (Å²) in [6, 6.07) is 13.7. The number of methoxy groups -OCH3 is 1. The van der Waals surface area contributed by atoms with Gasteiger partial charge in [0.15, 0.2) is 5.41 Å². The van der Waals surface area contributed by atoms with E-state index in [1.807, 2.05) is 31.3 Å². The Labute approximate surface area is 157 Å². The van der Waals surface area contributed by atoms with E-state index < -0.39 is 17.4 Å². The normalized spacial score (nSPS) is 14.7. The molecule has 0 bridgehead atoms. The maximum absolute atomic E-state index is 12.6. The lowest BCUT2D eigenvalue weighted by atomic mass is 9.82. The Morgan fingerprint density at radius 1 is 1.08 bits per heavy atom. The number of esters is 2. The lowest BCUT2D eigenvalue weighted by Gasteiger charge is -2.31. The lowest BCUT2D eigenvalue weighted by Crippen LogP contribution is -2.43. The monoisotopic (exact) mass is 371 g/mol. The molecule has 0 radical (unpaired) electrons. The maximum Gasteiger partial charge on any atom is 0.327 e. The molecular weight excluding hydrogens is 350 g/mol. The number of carbonyl (C=O) groups is 2. The van der Waals surface area contributed by atoms with Crippen LogP contribution in [0.4, 0.5) is 11.4 Å². The molecule has 1 aliphatic heterocycles. The molecule has 0 amide bonds. The molecule has 1 atom stereocenters. The van der Waals surface area contributed by atoms with Crippen molar-refractivity contribution in [2.45, 2.75) is 29.1 Å². The van der Waals surface area contributed by atoms with Gasteiger partial charge in [-0.1, -0.05) is 30.0 Å². The molecule has 6 heteroatoms. The number of carbonyl (C=O) groups excluding carboxylic acids is 2. The predicted octanol–water partition coefficient (Wildman–Crippen LogP) is 3.91. The Balaban J connectivity index is 2.08. The van der Waals surface area contributed by atoms with Crippen molar-refractivity contribution < 1.29 is 19.1 Å². The Morgan fingerprint density at radius 2 is 1.77 bits per heavy atom. The van der Waals surface area contributed by atoms with Gasteiger partial charge in [0.1, 0.15) is 0 Å². The first-order valence-electron chi connectivity index (χ1n) is 8.34. The molecule has 2 aromatic rings. The zero-order valence-corrected chi connectivity index (χ0v) is 16.1. The number of para-hydroxylation sites is 1. The Bertz CT molecular complexity index is 867. The number of rotatable bonds is 4. The topological polar surface area (TPSA) is 55.8 Å². The van der Waals surface area contributed by atoms with Gasteiger partial charge in [0.05, 0.1) is 25.1 Å². The van der Waals surface area contributed by atoms with Gasteiger partial charge in [-0.25, -0.2) is 0 Å². The van der Waals surface area contributed by atoms with Crippen LogP contribution in [0.3, 0.4) is 0 Å². The average molecular weight is 371 g/mol. The molecule has 0 aliphatic carbocycles. The highest BCUT2D eigenvalue weighted by Crippen LogP contribution is 2.48. The van der Waals surface area contributed by atoms with Gasteiger partial charge in [-0.05, 0) is 43.7 Å². The van der Waals surface area contributed by atoms with Crippen LogP contribution < -0.4 is 4.90 Å². The minimum Gasteiger partial charge on any atom is -0.468 e. The van der Waals surface area contributed by atoms with Crippen molar-refractivity contribution in [1.29, 1.82) is 0 Å². The average Bonchev–Trinajstić information content (AvgIpc) is 2.66. The van der Waals surface area contributed by atoms with Crippen LogP contribution in [-0.2, 0) is 24.5 Å². The molecule has 26 heavy (non-hydrogen) atoms. The Hall–Kier alpha value is -2.47. The summed E-state index contributed by atoms with van der Waals surface area (Å²) < 4.78 is 10.1. The first-order chi connectivity index (χ1) is 12.4. The number of fused-ring (bicyclic) bond motifs is 2. The summed E-state index contributed by atoms with van der Waals surface area (Å²) in [5, 5.41) is 0. The minimum atomic E-state index is -1.50. The fourth-order valence-corrected chi connectivity index (χ4v) is 4.24. The largest absolute Gasteiger partial charge is 0.468 e. The van der Waals surface area contributed by atoms with Crippen molar-refractivity contribution >= 4 is 35.1 Å². The van der Waals surface area contributed by atoms with Crippen molar-refractivity contribution in [1.82, 2.24) is 0 Å². The van der Waals surface area contributed by atoms with Crippen LogP contribution in [-0.4, -0.2) is 32.7 Å². The summed E-state index contributed by atoms with van der Waals surface area (Å²) >= 11 is 1.62. The summed E-state index contributed by atoms with van der Waals surface area (Å²) in [5.41, 5.74) is 1.20. The molecule has 136 valence electrons. The second-order valence-electron chi connectivity index (χ2n) is 6.15. The molecule has 0 N–H and O–H groups in total. The van der Waals surface area contributed by atoms with Gasteiger partial charge in [0.25, 0.3) is 0 Å². The van der Waals surface area contributed by atoms with Crippen molar-refractivity contribution in [3.05, 3.63) is 48.0 Å². The molecule has 5 nitrogen and oxygen atoms in total. The number of nitrogens with zero attached hydrogens (tertiary/aromatic N) is 1. The van der Waals surface area contributed by atoms with Crippen LogP contribution in [0.15, 0.2) is 52.3 Å². The third kappa shape index (κ3) is 2.84. The fraction of sp³-hybridized carbons (Fsp3) is 0.300. The Morgan fingerprint density at radius 3 is 2.46 bits per heavy atom. The summed E-state index contributed by atoms with van der Waals surface area (Å²) in [7, 11) is 3.28. The van der Waals surface area contributed by atoms with E-state index in [0.29, 0.717) is 5.56 Å². The molecule has 0 spiro atoms. The van der Waals surface area contributed by atoms with Crippen molar-refractivity contribution in [2.75, 3.05) is 25.7 Å². The lowest BCUT2D eigenvalue weighted by molar-refractivity contribution is -0.162. The molecule has 0 aromatic heterocycles. The van der Waals surface area contributed by atoms with Crippen molar-refractivity contribution in [3.8, 4) is 0 Å². The second-order valence-corrected chi connectivity index (χ2v) is 7.23. The van der Waals surface area contributed by atoms with Crippen molar-refractivity contribution in [2.24, 2.45) is 0 Å². The van der Waals surface area contributed by atoms with Gasteiger partial charge in [-0.3, -0.25) is 9.59 Å². The quantitative estimate of drug-likeness (QED) is 0.600. The minimum absolute atomic E-state index is 0.196. The SMILES string of the molecule is CCOC(=O)C(C)(C(=O)OC)c1ccc2c(c1)Sc1ccccc1N2C. The van der Waals surface area contributed by atoms with Crippen LogP contribution >= 0.6 is 11.8 Å².